The molecule has 4 aromatic heterocycles. The largest absolute Gasteiger partial charge is 0.348 e. The molecule has 1 saturated heterocycles. The van der Waals surface area contributed by atoms with E-state index in [9.17, 15) is 18.8 Å². The van der Waals surface area contributed by atoms with Crippen LogP contribution in [0.2, 0.25) is 0 Å². The predicted octanol–water partition coefficient (Wildman–Crippen LogP) is 3.33. The van der Waals surface area contributed by atoms with Gasteiger partial charge < -0.3 is 5.32 Å². The Hall–Kier alpha value is -3.47. The minimum Gasteiger partial charge on any atom is -0.348 e. The molecule has 2 fully saturated rings. The first kappa shape index (κ1) is 23.9. The van der Waals surface area contributed by atoms with Crippen molar-refractivity contribution in [2.75, 3.05) is 11.5 Å². The molecule has 11 heteroatoms. The lowest BCUT2D eigenvalue weighted by Gasteiger charge is -2.31. The molecule has 0 unspecified atom stereocenters. The number of halogens is 1. The average Bonchev–Trinajstić information content (AvgIpc) is 3.36. The fourth-order valence-electron chi connectivity index (χ4n) is 5.59. The van der Waals surface area contributed by atoms with E-state index in [0.29, 0.717) is 31.4 Å². The van der Waals surface area contributed by atoms with Crippen LogP contribution in [-0.4, -0.2) is 47.2 Å². The van der Waals surface area contributed by atoms with E-state index >= 15 is 0 Å². The number of aromatic nitrogens is 5. The molecule has 0 radical (unpaired) electrons. The number of hydrogen-bond acceptors (Lipinski definition) is 6. The van der Waals surface area contributed by atoms with Crippen molar-refractivity contribution in [1.29, 1.82) is 0 Å². The van der Waals surface area contributed by atoms with Gasteiger partial charge in [-0.2, -0.15) is 16.9 Å². The smallest absolute Gasteiger partial charge is 0.333 e. The standard InChI is InChI=1S/C26H27FN6O3S/c27-16-13-21-23(28-15-16)32(19-8-11-37-12-9-19)26(36)33(25(21)35)18-6-4-17(5-7-18)29-24(34)22-14-20-3-1-2-10-31(20)30-22/h1-3,10,13-15,17-19H,4-9,11-12H2,(H,29,34)/t17-,18+. The Morgan fingerprint density at radius 2 is 1.76 bits per heavy atom. The van der Waals surface area contributed by atoms with Crippen LogP contribution in [0, 0.1) is 5.82 Å². The lowest BCUT2D eigenvalue weighted by molar-refractivity contribution is 0.0916. The van der Waals surface area contributed by atoms with Crippen LogP contribution in [0.5, 0.6) is 0 Å². The van der Waals surface area contributed by atoms with Crippen LogP contribution >= 0.6 is 11.8 Å². The molecule has 5 heterocycles. The number of nitrogens with one attached hydrogen (secondary N) is 1. The van der Waals surface area contributed by atoms with Gasteiger partial charge >= 0.3 is 5.69 Å². The Kier molecular flexibility index (Phi) is 6.31. The third kappa shape index (κ3) is 4.45. The molecule has 2 aliphatic rings. The summed E-state index contributed by atoms with van der Waals surface area (Å²) in [6.45, 7) is 0. The number of thioether (sulfide) groups is 1. The normalized spacial score (nSPS) is 20.9. The summed E-state index contributed by atoms with van der Waals surface area (Å²) < 4.78 is 18.7. The number of rotatable bonds is 4. The lowest BCUT2D eigenvalue weighted by atomic mass is 9.90. The average molecular weight is 523 g/mol. The van der Waals surface area contributed by atoms with Gasteiger partial charge in [-0.1, -0.05) is 6.07 Å². The Balaban J connectivity index is 1.25. The molecule has 0 spiro atoms. The summed E-state index contributed by atoms with van der Waals surface area (Å²) in [5, 5.41) is 7.52. The monoisotopic (exact) mass is 522 g/mol. The summed E-state index contributed by atoms with van der Waals surface area (Å²) in [7, 11) is 0. The Morgan fingerprint density at radius 3 is 2.51 bits per heavy atom. The number of carbonyl (C=O) groups is 1. The maximum Gasteiger partial charge on any atom is 0.333 e. The molecule has 1 amide bonds. The fourth-order valence-corrected chi connectivity index (χ4v) is 6.67. The molecule has 1 aliphatic heterocycles. The van der Waals surface area contributed by atoms with Crippen molar-refractivity contribution in [2.45, 2.75) is 56.7 Å². The maximum atomic E-state index is 14.1. The van der Waals surface area contributed by atoms with Crippen LogP contribution in [-0.2, 0) is 0 Å². The van der Waals surface area contributed by atoms with E-state index in [1.807, 2.05) is 30.0 Å². The summed E-state index contributed by atoms with van der Waals surface area (Å²) in [5.41, 5.74) is 0.585. The Morgan fingerprint density at radius 1 is 1.00 bits per heavy atom. The number of hydrogen-bond donors (Lipinski definition) is 1. The highest BCUT2D eigenvalue weighted by molar-refractivity contribution is 7.99. The number of fused-ring (bicyclic) bond motifs is 2. The van der Waals surface area contributed by atoms with E-state index in [-0.39, 0.29) is 40.8 Å². The Labute approximate surface area is 215 Å². The van der Waals surface area contributed by atoms with Crippen LogP contribution in [0.1, 0.15) is 61.1 Å². The van der Waals surface area contributed by atoms with Crippen molar-refractivity contribution in [3.8, 4) is 0 Å². The van der Waals surface area contributed by atoms with E-state index in [0.717, 1.165) is 36.1 Å². The van der Waals surface area contributed by atoms with Gasteiger partial charge in [0.15, 0.2) is 5.69 Å². The van der Waals surface area contributed by atoms with Crippen LogP contribution < -0.4 is 16.6 Å². The first-order valence-corrected chi connectivity index (χ1v) is 13.8. The third-order valence-electron chi connectivity index (χ3n) is 7.48. The van der Waals surface area contributed by atoms with Gasteiger partial charge in [0.05, 0.1) is 17.1 Å². The molecule has 1 aliphatic carbocycles. The zero-order valence-corrected chi connectivity index (χ0v) is 21.0. The highest BCUT2D eigenvalue weighted by atomic mass is 32.2. The molecular formula is C26H27FN6O3S. The van der Waals surface area contributed by atoms with E-state index < -0.39 is 11.4 Å². The van der Waals surface area contributed by atoms with Crippen LogP contribution in [0.4, 0.5) is 4.39 Å². The molecule has 0 aromatic carbocycles. The zero-order valence-electron chi connectivity index (χ0n) is 20.2. The number of nitrogens with zero attached hydrogens (tertiary/aromatic N) is 5. The topological polar surface area (TPSA) is 103 Å². The predicted molar refractivity (Wildman–Crippen MR) is 140 cm³/mol. The van der Waals surface area contributed by atoms with Crippen LogP contribution in [0.25, 0.3) is 16.6 Å². The second-order valence-corrected chi connectivity index (χ2v) is 11.0. The van der Waals surface area contributed by atoms with Crippen molar-refractivity contribution >= 4 is 34.2 Å². The molecular weight excluding hydrogens is 495 g/mol. The van der Waals surface area contributed by atoms with E-state index in [1.54, 1.807) is 21.3 Å². The van der Waals surface area contributed by atoms with Gasteiger partial charge in [-0.15, -0.1) is 0 Å². The van der Waals surface area contributed by atoms with Crippen LogP contribution in [0.3, 0.4) is 0 Å². The second-order valence-electron chi connectivity index (χ2n) is 9.77. The van der Waals surface area contributed by atoms with Crippen molar-refractivity contribution in [2.24, 2.45) is 0 Å². The van der Waals surface area contributed by atoms with Crippen molar-refractivity contribution in [3.05, 3.63) is 75.1 Å². The summed E-state index contributed by atoms with van der Waals surface area (Å²) in [6, 6.07) is 8.09. The first-order chi connectivity index (χ1) is 18.0. The third-order valence-corrected chi connectivity index (χ3v) is 8.53. The quantitative estimate of drug-likeness (QED) is 0.441. The molecule has 0 atom stereocenters. The summed E-state index contributed by atoms with van der Waals surface area (Å²) in [6.07, 6.45) is 6.82. The summed E-state index contributed by atoms with van der Waals surface area (Å²) in [4.78, 5) is 44.1. The van der Waals surface area contributed by atoms with E-state index in [1.165, 1.54) is 10.6 Å². The lowest BCUT2D eigenvalue weighted by Crippen LogP contribution is -2.46. The maximum absolute atomic E-state index is 14.1. The van der Waals surface area contributed by atoms with Gasteiger partial charge in [0.2, 0.25) is 0 Å². The molecule has 192 valence electrons. The number of carbonyl (C=O) groups excluding carboxylic acids is 1. The molecule has 37 heavy (non-hydrogen) atoms. The summed E-state index contributed by atoms with van der Waals surface area (Å²) >= 11 is 1.84. The van der Waals surface area contributed by atoms with Crippen molar-refractivity contribution < 1.29 is 9.18 Å². The van der Waals surface area contributed by atoms with Gasteiger partial charge in [-0.25, -0.2) is 18.7 Å². The highest BCUT2D eigenvalue weighted by Gasteiger charge is 2.30. The van der Waals surface area contributed by atoms with Crippen LogP contribution in [0.15, 0.2) is 52.3 Å². The molecule has 4 aromatic rings. The number of amides is 1. The van der Waals surface area contributed by atoms with Gasteiger partial charge in [-0.3, -0.25) is 18.7 Å². The molecule has 6 rings (SSSR count). The minimum atomic E-state index is -0.598. The molecule has 1 N–H and O–H groups in total. The molecule has 9 nitrogen and oxygen atoms in total. The van der Waals surface area contributed by atoms with Crippen molar-refractivity contribution in [3.63, 3.8) is 0 Å². The second kappa shape index (κ2) is 9.77. The van der Waals surface area contributed by atoms with Gasteiger partial charge in [-0.05, 0) is 74.3 Å². The van der Waals surface area contributed by atoms with E-state index in [2.05, 4.69) is 15.4 Å². The van der Waals surface area contributed by atoms with Gasteiger partial charge in [0, 0.05) is 24.3 Å². The zero-order chi connectivity index (χ0) is 25.5. The number of pyridine rings is 2. The van der Waals surface area contributed by atoms with Gasteiger partial charge in [0.25, 0.3) is 11.5 Å². The van der Waals surface area contributed by atoms with Gasteiger partial charge in [0.1, 0.15) is 11.5 Å². The minimum absolute atomic E-state index is 0.0675. The molecule has 1 saturated carbocycles. The Bertz CT molecular complexity index is 1560. The SMILES string of the molecule is O=C(N[C@H]1CC[C@@H](n2c(=O)c3cc(F)cnc3n(C3CCSCC3)c2=O)CC1)c1cc2ccccn2n1. The van der Waals surface area contributed by atoms with E-state index in [4.69, 9.17) is 0 Å². The summed E-state index contributed by atoms with van der Waals surface area (Å²) in [5.74, 6) is 1.01. The fraction of sp³-hybridized carbons (Fsp3) is 0.423. The van der Waals surface area contributed by atoms with Crippen molar-refractivity contribution in [1.82, 2.24) is 29.0 Å². The molecule has 0 bridgehead atoms. The highest BCUT2D eigenvalue weighted by Crippen LogP contribution is 2.30. The first-order valence-electron chi connectivity index (χ1n) is 12.6.